The number of aliphatic hydroxyl groups excluding tert-OH is 1. The van der Waals surface area contributed by atoms with E-state index in [4.69, 9.17) is 18.9 Å². The summed E-state index contributed by atoms with van der Waals surface area (Å²) in [6.45, 7) is 9.19. The molecule has 0 saturated carbocycles. The Bertz CT molecular complexity index is 707. The number of ether oxygens (including phenoxy) is 4. The third-order valence-corrected chi connectivity index (χ3v) is 7.28. The van der Waals surface area contributed by atoms with Gasteiger partial charge in [-0.2, -0.15) is 0 Å². The summed E-state index contributed by atoms with van der Waals surface area (Å²) in [4.78, 5) is 12.3. The summed E-state index contributed by atoms with van der Waals surface area (Å²) in [7, 11) is 0. The number of nitrogens with one attached hydrogen (secondary N) is 1. The Kier molecular flexibility index (Phi) is 7.48. The first-order chi connectivity index (χ1) is 14.0. The van der Waals surface area contributed by atoms with Crippen LogP contribution in [0.1, 0.15) is 40.2 Å². The zero-order chi connectivity index (χ0) is 21.9. The molecule has 2 heterocycles. The zero-order valence-corrected chi connectivity index (χ0v) is 20.0. The van der Waals surface area contributed by atoms with E-state index in [0.717, 1.165) is 22.6 Å². The molecule has 0 aliphatic carbocycles. The Morgan fingerprint density at radius 2 is 1.97 bits per heavy atom. The molecule has 2 aliphatic heterocycles. The summed E-state index contributed by atoms with van der Waals surface area (Å²) in [5.41, 5.74) is 0.616. The molecule has 2 N–H and O–H groups in total. The first-order valence-electron chi connectivity index (χ1n) is 10.3. The zero-order valence-electron chi connectivity index (χ0n) is 18.3. The molecule has 2 aliphatic rings. The number of aliphatic hydroxyl groups is 1. The topological polar surface area (TPSA) is 86.3 Å². The Morgan fingerprint density at radius 1 is 1.27 bits per heavy atom. The molecule has 168 valence electrons. The van der Waals surface area contributed by atoms with Crippen LogP contribution in [-0.2, 0) is 25.4 Å². The fourth-order valence-electron chi connectivity index (χ4n) is 3.55. The minimum absolute atomic E-state index is 0.0493. The standard InChI is InChI=1S/C22H33NO6Se/c1-21(2,3)29-20(25)23-15(11-14-9-7-6-8-10-14)12-30-13-16-17(24)18-19(26-16)28-22(4,5)27-18/h6-10,15-19,24H,11-13H2,1-5H3,(H,23,25)/t15-,16+,17-,18+,19+/m0/s1. The van der Waals surface area contributed by atoms with Gasteiger partial charge < -0.3 is 0 Å². The number of amides is 1. The van der Waals surface area contributed by atoms with Crippen molar-refractivity contribution >= 4 is 21.1 Å². The van der Waals surface area contributed by atoms with E-state index >= 15 is 0 Å². The van der Waals surface area contributed by atoms with Crippen molar-refractivity contribution in [1.29, 1.82) is 0 Å². The van der Waals surface area contributed by atoms with Gasteiger partial charge in [0, 0.05) is 0 Å². The normalized spacial score (nSPS) is 28.7. The van der Waals surface area contributed by atoms with Crippen LogP contribution in [0.4, 0.5) is 4.79 Å². The third kappa shape index (κ3) is 6.67. The molecule has 1 aromatic carbocycles. The van der Waals surface area contributed by atoms with E-state index in [0.29, 0.717) is 0 Å². The summed E-state index contributed by atoms with van der Waals surface area (Å²) in [5, 5.41) is 15.1. The van der Waals surface area contributed by atoms with Gasteiger partial charge >= 0.3 is 185 Å². The van der Waals surface area contributed by atoms with E-state index in [-0.39, 0.29) is 27.1 Å². The maximum absolute atomic E-state index is 12.3. The molecule has 2 saturated heterocycles. The number of rotatable bonds is 7. The van der Waals surface area contributed by atoms with Gasteiger partial charge in [-0.3, -0.25) is 0 Å². The molecule has 2 fully saturated rings. The summed E-state index contributed by atoms with van der Waals surface area (Å²) in [5.74, 6) is -0.732. The van der Waals surface area contributed by atoms with Gasteiger partial charge in [-0.15, -0.1) is 0 Å². The van der Waals surface area contributed by atoms with Crippen LogP contribution in [0.2, 0.25) is 10.6 Å². The molecule has 30 heavy (non-hydrogen) atoms. The van der Waals surface area contributed by atoms with E-state index in [9.17, 15) is 9.90 Å². The van der Waals surface area contributed by atoms with E-state index < -0.39 is 36.0 Å². The summed E-state index contributed by atoms with van der Waals surface area (Å²) >= 11 is 0.147. The molecule has 1 amide bonds. The fraction of sp³-hybridized carbons (Fsp3) is 0.682. The first-order valence-corrected chi connectivity index (χ1v) is 12.7. The minimum atomic E-state index is -0.732. The summed E-state index contributed by atoms with van der Waals surface area (Å²) < 4.78 is 22.8. The van der Waals surface area contributed by atoms with Gasteiger partial charge in [0.2, 0.25) is 0 Å². The number of alkyl carbamates (subject to hydrolysis) is 1. The monoisotopic (exact) mass is 487 g/mol. The van der Waals surface area contributed by atoms with Gasteiger partial charge in [0.25, 0.3) is 0 Å². The van der Waals surface area contributed by atoms with E-state index in [2.05, 4.69) is 17.4 Å². The van der Waals surface area contributed by atoms with Crippen LogP contribution in [0.3, 0.4) is 0 Å². The molecule has 5 atom stereocenters. The van der Waals surface area contributed by atoms with Crippen molar-refractivity contribution in [3.05, 3.63) is 35.9 Å². The number of hydrogen-bond donors (Lipinski definition) is 2. The van der Waals surface area contributed by atoms with Crippen molar-refractivity contribution in [1.82, 2.24) is 5.32 Å². The molecule has 7 nitrogen and oxygen atoms in total. The molecule has 1 aromatic rings. The van der Waals surface area contributed by atoms with Crippen LogP contribution in [0, 0.1) is 0 Å². The third-order valence-electron chi connectivity index (χ3n) is 4.76. The van der Waals surface area contributed by atoms with E-state index in [1.54, 1.807) is 0 Å². The van der Waals surface area contributed by atoms with Crippen molar-refractivity contribution in [2.75, 3.05) is 0 Å². The second-order valence-electron chi connectivity index (χ2n) is 9.20. The van der Waals surface area contributed by atoms with Crippen molar-refractivity contribution in [2.45, 2.75) is 93.7 Å². The molecule has 0 bridgehead atoms. The molecule has 0 unspecified atom stereocenters. The van der Waals surface area contributed by atoms with Crippen molar-refractivity contribution < 1.29 is 28.8 Å². The van der Waals surface area contributed by atoms with Gasteiger partial charge in [-0.05, 0) is 0 Å². The van der Waals surface area contributed by atoms with Gasteiger partial charge in [0.05, 0.1) is 0 Å². The number of benzene rings is 1. The quantitative estimate of drug-likeness (QED) is 0.577. The Balaban J connectivity index is 1.52. The Morgan fingerprint density at radius 3 is 2.60 bits per heavy atom. The Labute approximate surface area is 184 Å². The van der Waals surface area contributed by atoms with Gasteiger partial charge in [-0.25, -0.2) is 0 Å². The fourth-order valence-corrected chi connectivity index (χ4v) is 5.92. The molecule has 8 heteroatoms. The average Bonchev–Trinajstić information content (AvgIpc) is 3.07. The second kappa shape index (κ2) is 9.55. The van der Waals surface area contributed by atoms with Gasteiger partial charge in [0.1, 0.15) is 0 Å². The van der Waals surface area contributed by atoms with E-state index in [1.807, 2.05) is 52.8 Å². The van der Waals surface area contributed by atoms with Crippen LogP contribution in [0.15, 0.2) is 30.3 Å². The maximum atomic E-state index is 12.3. The molecule has 0 radical (unpaired) electrons. The second-order valence-corrected chi connectivity index (χ2v) is 11.5. The van der Waals surface area contributed by atoms with Crippen molar-refractivity contribution in [3.8, 4) is 0 Å². The number of carbonyl (C=O) groups excluding carboxylic acids is 1. The SMILES string of the molecule is CC(C)(C)OC(=O)N[C@H](C[Se]C[C@H]1O[C@@H]2OC(C)(C)O[C@@H]2[C@H]1O)Cc1ccccc1. The molecule has 3 rings (SSSR count). The Hall–Kier alpha value is -1.15. The average molecular weight is 486 g/mol. The summed E-state index contributed by atoms with van der Waals surface area (Å²) in [6.07, 6.45) is -1.66. The van der Waals surface area contributed by atoms with Gasteiger partial charge in [-0.1, -0.05) is 0 Å². The molecular formula is C22H33NO6Se. The predicted molar refractivity (Wildman–Crippen MR) is 113 cm³/mol. The molecule has 0 aromatic heterocycles. The number of hydrogen-bond acceptors (Lipinski definition) is 6. The van der Waals surface area contributed by atoms with Crippen LogP contribution >= 0.6 is 0 Å². The summed E-state index contributed by atoms with van der Waals surface area (Å²) in [6, 6.07) is 10.0. The first kappa shape index (κ1) is 23.5. The van der Waals surface area contributed by atoms with Crippen LogP contribution < -0.4 is 5.32 Å². The van der Waals surface area contributed by atoms with Crippen LogP contribution in [0.5, 0.6) is 0 Å². The van der Waals surface area contributed by atoms with Crippen molar-refractivity contribution in [2.24, 2.45) is 0 Å². The molecule has 0 spiro atoms. The van der Waals surface area contributed by atoms with Crippen LogP contribution in [-0.4, -0.2) is 68.2 Å². The number of fused-ring (bicyclic) bond motifs is 1. The molecular weight excluding hydrogens is 453 g/mol. The van der Waals surface area contributed by atoms with E-state index in [1.165, 1.54) is 0 Å². The predicted octanol–water partition coefficient (Wildman–Crippen LogP) is 2.90. The van der Waals surface area contributed by atoms with Crippen LogP contribution in [0.25, 0.3) is 0 Å². The van der Waals surface area contributed by atoms with Gasteiger partial charge in [0.15, 0.2) is 0 Å². The number of carbonyl (C=O) groups is 1. The van der Waals surface area contributed by atoms with Crippen molar-refractivity contribution in [3.63, 3.8) is 0 Å².